The highest BCUT2D eigenvalue weighted by Gasteiger charge is 2.22. The minimum atomic E-state index is -0.880. The molecule has 0 fully saturated rings. The summed E-state index contributed by atoms with van der Waals surface area (Å²) in [7, 11) is 0. The third-order valence-corrected chi connectivity index (χ3v) is 6.22. The first-order valence-corrected chi connectivity index (χ1v) is 11.6. The molecule has 5 nitrogen and oxygen atoms in total. The number of carbonyl (C=O) groups is 1. The van der Waals surface area contributed by atoms with Crippen LogP contribution in [-0.4, -0.2) is 32.0 Å². The number of halogens is 1. The number of rotatable bonds is 12. The topological polar surface area (TPSA) is 78.0 Å². The van der Waals surface area contributed by atoms with Crippen molar-refractivity contribution in [1.82, 2.24) is 15.3 Å². The van der Waals surface area contributed by atoms with Crippen LogP contribution in [-0.2, 0) is 24.2 Å². The molecule has 0 bridgehead atoms. The summed E-state index contributed by atoms with van der Waals surface area (Å²) >= 11 is 12.1. The molecule has 0 aliphatic carbocycles. The zero-order chi connectivity index (χ0) is 22.9. The molecule has 32 heavy (non-hydrogen) atoms. The van der Waals surface area contributed by atoms with Crippen molar-refractivity contribution in [2.75, 3.05) is 0 Å². The number of thiocarbonyl (C=S) groups is 1. The Morgan fingerprint density at radius 1 is 1.16 bits per heavy atom. The Balaban J connectivity index is 1.71. The van der Waals surface area contributed by atoms with E-state index in [1.807, 2.05) is 54.6 Å². The number of benzene rings is 2. The van der Waals surface area contributed by atoms with E-state index < -0.39 is 12.0 Å². The Morgan fingerprint density at radius 3 is 2.56 bits per heavy atom. The van der Waals surface area contributed by atoms with Gasteiger partial charge in [-0.1, -0.05) is 85.7 Å². The average Bonchev–Trinajstić information content (AvgIpc) is 3.25. The van der Waals surface area contributed by atoms with Crippen molar-refractivity contribution in [3.63, 3.8) is 0 Å². The van der Waals surface area contributed by atoms with Crippen LogP contribution >= 0.6 is 23.8 Å². The maximum Gasteiger partial charge on any atom is 0.321 e. The molecule has 7 heteroatoms. The van der Waals surface area contributed by atoms with Crippen LogP contribution in [0.2, 0.25) is 5.02 Å². The molecule has 2 atom stereocenters. The van der Waals surface area contributed by atoms with E-state index >= 15 is 0 Å². The molecular formula is C25H28ClN3O2S. The second-order valence-corrected chi connectivity index (χ2v) is 8.75. The molecule has 0 saturated heterocycles. The van der Waals surface area contributed by atoms with Crippen molar-refractivity contribution in [2.45, 2.75) is 51.1 Å². The minimum absolute atomic E-state index is 0.0572. The summed E-state index contributed by atoms with van der Waals surface area (Å²) in [4.78, 5) is 20.6. The number of hydrogen-bond acceptors (Lipinski definition) is 4. The monoisotopic (exact) mass is 469 g/mol. The van der Waals surface area contributed by atoms with Crippen LogP contribution in [0.15, 0.2) is 60.8 Å². The highest BCUT2D eigenvalue weighted by Crippen LogP contribution is 2.26. The van der Waals surface area contributed by atoms with Gasteiger partial charge in [-0.05, 0) is 36.5 Å². The largest absolute Gasteiger partial charge is 0.480 e. The Labute approximate surface area is 199 Å². The zero-order valence-corrected chi connectivity index (χ0v) is 19.6. The van der Waals surface area contributed by atoms with E-state index in [2.05, 4.69) is 22.2 Å². The predicted octanol–water partition coefficient (Wildman–Crippen LogP) is 5.34. The van der Waals surface area contributed by atoms with Gasteiger partial charge in [-0.2, -0.15) is 0 Å². The predicted molar refractivity (Wildman–Crippen MR) is 132 cm³/mol. The molecule has 0 saturated carbocycles. The van der Waals surface area contributed by atoms with Crippen molar-refractivity contribution in [3.05, 3.63) is 88.5 Å². The van der Waals surface area contributed by atoms with Gasteiger partial charge in [-0.15, -0.1) is 0 Å². The Bertz CT molecular complexity index is 1040. The number of aliphatic carboxylic acids is 1. The van der Waals surface area contributed by atoms with E-state index in [9.17, 15) is 9.90 Å². The smallest absolute Gasteiger partial charge is 0.321 e. The third kappa shape index (κ3) is 6.73. The quantitative estimate of drug-likeness (QED) is 0.312. The maximum atomic E-state index is 11.7. The van der Waals surface area contributed by atoms with Gasteiger partial charge in [-0.25, -0.2) is 4.98 Å². The number of hydrogen-bond donors (Lipinski definition) is 3. The van der Waals surface area contributed by atoms with E-state index in [0.29, 0.717) is 19.4 Å². The molecular weight excluding hydrogens is 442 g/mol. The van der Waals surface area contributed by atoms with Crippen LogP contribution in [0.4, 0.5) is 0 Å². The maximum absolute atomic E-state index is 11.7. The third-order valence-electron chi connectivity index (χ3n) is 5.36. The van der Waals surface area contributed by atoms with Gasteiger partial charge >= 0.3 is 5.97 Å². The summed E-state index contributed by atoms with van der Waals surface area (Å²) in [6.45, 7) is 2.48. The van der Waals surface area contributed by atoms with Crippen LogP contribution in [0.5, 0.6) is 0 Å². The van der Waals surface area contributed by atoms with E-state index in [4.69, 9.17) is 23.8 Å². The van der Waals surface area contributed by atoms with Gasteiger partial charge < -0.3 is 10.1 Å². The van der Waals surface area contributed by atoms with Crippen molar-refractivity contribution in [1.29, 1.82) is 0 Å². The van der Waals surface area contributed by atoms with E-state index in [0.717, 1.165) is 45.4 Å². The van der Waals surface area contributed by atoms with Gasteiger partial charge in [0.05, 0.1) is 5.92 Å². The molecule has 168 valence electrons. The molecule has 2 aromatic carbocycles. The first kappa shape index (κ1) is 24.1. The van der Waals surface area contributed by atoms with Crippen LogP contribution in [0.25, 0.3) is 0 Å². The zero-order valence-electron chi connectivity index (χ0n) is 18.1. The summed E-state index contributed by atoms with van der Waals surface area (Å²) in [5.41, 5.74) is 2.83. The molecule has 0 aliphatic rings. The number of nitrogens with one attached hydrogen (secondary N) is 2. The van der Waals surface area contributed by atoms with Gasteiger partial charge in [0.25, 0.3) is 0 Å². The number of carboxylic acids is 1. The molecule has 1 heterocycles. The molecule has 1 aromatic heterocycles. The molecule has 1 unspecified atom stereocenters. The number of imidazole rings is 1. The van der Waals surface area contributed by atoms with Crippen molar-refractivity contribution >= 4 is 34.7 Å². The summed E-state index contributed by atoms with van der Waals surface area (Å²) in [6, 6.07) is 16.7. The second-order valence-electron chi connectivity index (χ2n) is 7.82. The average molecular weight is 470 g/mol. The molecule has 0 spiro atoms. The van der Waals surface area contributed by atoms with E-state index in [-0.39, 0.29) is 5.92 Å². The number of aromatic nitrogens is 2. The van der Waals surface area contributed by atoms with Gasteiger partial charge in [0.15, 0.2) is 0 Å². The van der Waals surface area contributed by atoms with Crippen molar-refractivity contribution < 1.29 is 9.90 Å². The minimum Gasteiger partial charge on any atom is -0.480 e. The fourth-order valence-electron chi connectivity index (χ4n) is 3.64. The first-order chi connectivity index (χ1) is 15.5. The molecule has 0 aliphatic heterocycles. The van der Waals surface area contributed by atoms with Crippen LogP contribution < -0.4 is 5.32 Å². The number of H-pyrrole nitrogens is 1. The molecule has 3 aromatic rings. The lowest BCUT2D eigenvalue weighted by Crippen LogP contribution is -2.38. The summed E-state index contributed by atoms with van der Waals surface area (Å²) in [5, 5.41) is 13.5. The standard InChI is InChI=1S/C25H28ClN3O2S/c1-2-8-23(32)20(14-18-11-6-7-12-21(18)26)24-28-16-19(29-24)15-27-22(25(30)31)13-17-9-4-3-5-10-17/h3-7,9-12,16,20,22,27H,2,8,13-15H2,1H3,(H,28,29)(H,30,31)/t20?,22-/m0/s1. The van der Waals surface area contributed by atoms with E-state index in [1.54, 1.807) is 6.20 Å². The lowest BCUT2D eigenvalue weighted by atomic mass is 9.93. The SMILES string of the molecule is CCCC(=S)C(Cc1ccccc1Cl)c1ncc(CN[C@@H](Cc2ccccc2)C(=O)O)[nH]1. The van der Waals surface area contributed by atoms with Gasteiger partial charge in [-0.3, -0.25) is 10.1 Å². The highest BCUT2D eigenvalue weighted by atomic mass is 35.5. The Morgan fingerprint density at radius 2 is 1.88 bits per heavy atom. The highest BCUT2D eigenvalue weighted by molar-refractivity contribution is 7.80. The molecule has 3 N–H and O–H groups in total. The lowest BCUT2D eigenvalue weighted by molar-refractivity contribution is -0.139. The fraction of sp³-hybridized carbons (Fsp3) is 0.320. The number of aromatic amines is 1. The molecule has 0 amide bonds. The fourth-order valence-corrected chi connectivity index (χ4v) is 4.25. The summed E-state index contributed by atoms with van der Waals surface area (Å²) < 4.78 is 0. The van der Waals surface area contributed by atoms with Crippen molar-refractivity contribution in [2.24, 2.45) is 0 Å². The summed E-state index contributed by atoms with van der Waals surface area (Å²) in [6.07, 6.45) is 4.62. The number of carboxylic acid groups (broad SMARTS) is 1. The van der Waals surface area contributed by atoms with Crippen LogP contribution in [0.3, 0.4) is 0 Å². The van der Waals surface area contributed by atoms with Gasteiger partial charge in [0, 0.05) is 28.3 Å². The van der Waals surface area contributed by atoms with Crippen LogP contribution in [0.1, 0.15) is 48.3 Å². The second kappa shape index (κ2) is 11.9. The summed E-state index contributed by atoms with van der Waals surface area (Å²) in [5.74, 6) is -0.150. The van der Waals surface area contributed by atoms with Crippen molar-refractivity contribution in [3.8, 4) is 0 Å². The Hall–Kier alpha value is -2.54. The van der Waals surface area contributed by atoms with Crippen LogP contribution in [0, 0.1) is 0 Å². The molecule has 0 radical (unpaired) electrons. The van der Waals surface area contributed by atoms with Gasteiger partial charge in [0.1, 0.15) is 11.9 Å². The first-order valence-electron chi connectivity index (χ1n) is 10.8. The number of nitrogens with zero attached hydrogens (tertiary/aromatic N) is 1. The lowest BCUT2D eigenvalue weighted by Gasteiger charge is -2.17. The Kier molecular flexibility index (Phi) is 8.97. The normalized spacial score (nSPS) is 12.9. The molecule has 3 rings (SSSR count). The van der Waals surface area contributed by atoms with E-state index in [1.165, 1.54) is 0 Å². The van der Waals surface area contributed by atoms with Gasteiger partial charge in [0.2, 0.25) is 0 Å².